The predicted octanol–water partition coefficient (Wildman–Crippen LogP) is 2.21. The maximum atomic E-state index is 5.93. The topological polar surface area (TPSA) is 51.4 Å². The molecule has 0 amide bonds. The van der Waals surface area contributed by atoms with Gasteiger partial charge in [-0.15, -0.1) is 0 Å². The summed E-state index contributed by atoms with van der Waals surface area (Å²) in [5.74, 6) is 0.915. The number of anilines is 1. The minimum Gasteiger partial charge on any atom is -0.389 e. The Morgan fingerprint density at radius 3 is 2.95 bits per heavy atom. The molecule has 3 rings (SSSR count). The van der Waals surface area contributed by atoms with Crippen LogP contribution in [-0.4, -0.2) is 36.3 Å². The summed E-state index contributed by atoms with van der Waals surface area (Å²) in [4.78, 5) is 7.47. The Labute approximate surface area is 131 Å². The van der Waals surface area contributed by atoms with Crippen LogP contribution in [0.4, 0.5) is 5.82 Å². The molecule has 0 aromatic carbocycles. The van der Waals surface area contributed by atoms with Crippen molar-refractivity contribution in [1.29, 1.82) is 0 Å². The Morgan fingerprint density at radius 1 is 1.43 bits per heavy atom. The van der Waals surface area contributed by atoms with Crippen LogP contribution in [0.15, 0.2) is 6.07 Å². The standard InChI is InChI=1S/C16H23N3OS/c1-19(10-12-6-4-8-20-12)16-13(15(17)21)9-11-5-2-3-7-14(11)18-16/h9,12H,2-8,10H2,1H3,(H2,17,21). The number of hydrogen-bond donors (Lipinski definition) is 1. The molecule has 114 valence electrons. The fourth-order valence-corrected chi connectivity index (χ4v) is 3.43. The van der Waals surface area contributed by atoms with Gasteiger partial charge >= 0.3 is 0 Å². The first kappa shape index (κ1) is 14.7. The largest absolute Gasteiger partial charge is 0.389 e. The zero-order valence-corrected chi connectivity index (χ0v) is 13.4. The van der Waals surface area contributed by atoms with E-state index >= 15 is 0 Å². The van der Waals surface area contributed by atoms with E-state index in [0.29, 0.717) is 11.1 Å². The van der Waals surface area contributed by atoms with E-state index in [1.54, 1.807) is 0 Å². The van der Waals surface area contributed by atoms with Gasteiger partial charge in [-0.3, -0.25) is 0 Å². The van der Waals surface area contributed by atoms with Gasteiger partial charge in [0.2, 0.25) is 0 Å². The lowest BCUT2D eigenvalue weighted by molar-refractivity contribution is 0.116. The van der Waals surface area contributed by atoms with Gasteiger partial charge in [0.1, 0.15) is 10.8 Å². The Balaban J connectivity index is 1.89. The molecular weight excluding hydrogens is 282 g/mol. The molecule has 4 nitrogen and oxygen atoms in total. The molecule has 0 spiro atoms. The number of hydrogen-bond acceptors (Lipinski definition) is 4. The van der Waals surface area contributed by atoms with Crippen LogP contribution in [0.5, 0.6) is 0 Å². The Morgan fingerprint density at radius 2 is 2.24 bits per heavy atom. The summed E-state index contributed by atoms with van der Waals surface area (Å²) in [5, 5.41) is 0. The summed E-state index contributed by atoms with van der Waals surface area (Å²) in [6.07, 6.45) is 7.18. The third-order valence-corrected chi connectivity index (χ3v) is 4.63. The molecule has 2 heterocycles. The van der Waals surface area contributed by atoms with Crippen LogP contribution in [-0.2, 0) is 17.6 Å². The molecule has 0 saturated carbocycles. The Kier molecular flexibility index (Phi) is 4.40. The quantitative estimate of drug-likeness (QED) is 0.864. The predicted molar refractivity (Wildman–Crippen MR) is 89.0 cm³/mol. The van der Waals surface area contributed by atoms with Crippen molar-refractivity contribution in [3.8, 4) is 0 Å². The summed E-state index contributed by atoms with van der Waals surface area (Å²) in [6, 6.07) is 2.16. The third kappa shape index (κ3) is 3.19. The molecule has 0 radical (unpaired) electrons. The Bertz CT molecular complexity index is 541. The van der Waals surface area contributed by atoms with Gasteiger partial charge in [0, 0.05) is 25.9 Å². The second kappa shape index (κ2) is 6.28. The van der Waals surface area contributed by atoms with Gasteiger partial charge in [-0.25, -0.2) is 4.98 Å². The average Bonchev–Trinajstić information content (AvgIpc) is 2.98. The molecule has 1 fully saturated rings. The lowest BCUT2D eigenvalue weighted by Gasteiger charge is -2.26. The summed E-state index contributed by atoms with van der Waals surface area (Å²) in [7, 11) is 2.06. The molecule has 1 atom stereocenters. The molecule has 5 heteroatoms. The zero-order chi connectivity index (χ0) is 14.8. The second-order valence-corrected chi connectivity index (χ2v) is 6.49. The van der Waals surface area contributed by atoms with Crippen LogP contribution >= 0.6 is 12.2 Å². The third-order valence-electron chi connectivity index (χ3n) is 4.41. The first-order chi connectivity index (χ1) is 10.1. The number of aromatic nitrogens is 1. The highest BCUT2D eigenvalue weighted by Gasteiger charge is 2.22. The van der Waals surface area contributed by atoms with Crippen molar-refractivity contribution in [2.24, 2.45) is 5.73 Å². The highest BCUT2D eigenvalue weighted by molar-refractivity contribution is 7.80. The number of ether oxygens (including phenoxy) is 1. The van der Waals surface area contributed by atoms with Crippen molar-refractivity contribution in [3.63, 3.8) is 0 Å². The number of fused-ring (bicyclic) bond motifs is 1. The monoisotopic (exact) mass is 305 g/mol. The highest BCUT2D eigenvalue weighted by atomic mass is 32.1. The first-order valence-corrected chi connectivity index (χ1v) is 8.21. The Hall–Kier alpha value is -1.20. The fourth-order valence-electron chi connectivity index (χ4n) is 3.28. The van der Waals surface area contributed by atoms with Crippen molar-refractivity contribution in [2.45, 2.75) is 44.6 Å². The summed E-state index contributed by atoms with van der Waals surface area (Å²) < 4.78 is 5.72. The SMILES string of the molecule is CN(CC1CCCO1)c1nc2c(cc1C(N)=S)CCCC2. The zero-order valence-electron chi connectivity index (χ0n) is 12.6. The normalized spacial score (nSPS) is 21.1. The summed E-state index contributed by atoms with van der Waals surface area (Å²) in [6.45, 7) is 1.72. The lowest BCUT2D eigenvalue weighted by atomic mass is 9.94. The van der Waals surface area contributed by atoms with Crippen LogP contribution < -0.4 is 10.6 Å². The van der Waals surface area contributed by atoms with Gasteiger partial charge in [-0.05, 0) is 50.2 Å². The number of pyridine rings is 1. The van der Waals surface area contributed by atoms with E-state index in [2.05, 4.69) is 18.0 Å². The van der Waals surface area contributed by atoms with Crippen molar-refractivity contribution in [1.82, 2.24) is 4.98 Å². The first-order valence-electron chi connectivity index (χ1n) is 7.80. The molecular formula is C16H23N3OS. The van der Waals surface area contributed by atoms with Crippen LogP contribution in [0.2, 0.25) is 0 Å². The molecule has 0 bridgehead atoms. The van der Waals surface area contributed by atoms with E-state index in [9.17, 15) is 0 Å². The van der Waals surface area contributed by atoms with E-state index in [0.717, 1.165) is 50.2 Å². The minimum atomic E-state index is 0.298. The van der Waals surface area contributed by atoms with Crippen LogP contribution in [0.3, 0.4) is 0 Å². The fraction of sp³-hybridized carbons (Fsp3) is 0.625. The number of nitrogens with two attached hydrogens (primary N) is 1. The molecule has 1 aliphatic heterocycles. The maximum Gasteiger partial charge on any atom is 0.138 e. The van der Waals surface area contributed by atoms with Gasteiger partial charge in [0.25, 0.3) is 0 Å². The van der Waals surface area contributed by atoms with Gasteiger partial charge in [-0.2, -0.15) is 0 Å². The van der Waals surface area contributed by atoms with Crippen LogP contribution in [0, 0.1) is 0 Å². The van der Waals surface area contributed by atoms with E-state index in [4.69, 9.17) is 27.7 Å². The van der Waals surface area contributed by atoms with E-state index in [1.807, 2.05) is 0 Å². The van der Waals surface area contributed by atoms with Crippen LogP contribution in [0.1, 0.15) is 42.5 Å². The minimum absolute atomic E-state index is 0.298. The molecule has 1 unspecified atom stereocenters. The van der Waals surface area contributed by atoms with E-state index < -0.39 is 0 Å². The number of likely N-dealkylation sites (N-methyl/N-ethyl adjacent to an activating group) is 1. The van der Waals surface area contributed by atoms with Gasteiger partial charge in [-0.1, -0.05) is 12.2 Å². The number of rotatable bonds is 4. The summed E-state index contributed by atoms with van der Waals surface area (Å²) >= 11 is 5.24. The van der Waals surface area contributed by atoms with Crippen LogP contribution in [0.25, 0.3) is 0 Å². The highest BCUT2D eigenvalue weighted by Crippen LogP contribution is 2.27. The maximum absolute atomic E-state index is 5.93. The van der Waals surface area contributed by atoms with E-state index in [-0.39, 0.29) is 0 Å². The molecule has 21 heavy (non-hydrogen) atoms. The van der Waals surface area contributed by atoms with Gasteiger partial charge in [0.05, 0.1) is 11.7 Å². The van der Waals surface area contributed by atoms with Crippen molar-refractivity contribution < 1.29 is 4.74 Å². The molecule has 1 aromatic rings. The van der Waals surface area contributed by atoms with Gasteiger partial charge in [0.15, 0.2) is 0 Å². The summed E-state index contributed by atoms with van der Waals surface area (Å²) in [5.41, 5.74) is 9.37. The smallest absolute Gasteiger partial charge is 0.138 e. The number of thiocarbonyl (C=S) groups is 1. The van der Waals surface area contributed by atoms with Crippen molar-refractivity contribution in [3.05, 3.63) is 22.9 Å². The molecule has 2 aliphatic rings. The number of aryl methyl sites for hydroxylation is 2. The molecule has 2 N–H and O–H groups in total. The second-order valence-electron chi connectivity index (χ2n) is 6.05. The van der Waals surface area contributed by atoms with E-state index in [1.165, 1.54) is 24.1 Å². The average molecular weight is 305 g/mol. The van der Waals surface area contributed by atoms with Gasteiger partial charge < -0.3 is 15.4 Å². The van der Waals surface area contributed by atoms with Crippen molar-refractivity contribution >= 4 is 23.0 Å². The van der Waals surface area contributed by atoms with Crippen molar-refractivity contribution in [2.75, 3.05) is 25.1 Å². The molecule has 1 aromatic heterocycles. The lowest BCUT2D eigenvalue weighted by Crippen LogP contribution is -2.31. The number of nitrogens with zero attached hydrogens (tertiary/aromatic N) is 2. The molecule has 1 aliphatic carbocycles. The molecule has 1 saturated heterocycles.